The highest BCUT2D eigenvalue weighted by atomic mass is 31.2. The number of carbonyl (C=O) groups excluding carboxylic acids is 1. The van der Waals surface area contributed by atoms with E-state index in [1.165, 1.54) is 83.5 Å². The maximum absolute atomic E-state index is 12.6. The van der Waals surface area contributed by atoms with Gasteiger partial charge in [-0.2, -0.15) is 0 Å². The number of hydrogen-bond acceptors (Lipinski definition) is 7. The SMILES string of the molecule is CC/C=C\C/C=C\C/C=C\C/C=C\C/C=C\CCCCCCCC(=O)OC(COCCCCCCCC/C=C\CCCCCCCCC)COP(=O)(O)OCCN. The minimum atomic E-state index is -4.29. The summed E-state index contributed by atoms with van der Waals surface area (Å²) in [6, 6.07) is 0. The molecule has 0 aromatic rings. The van der Waals surface area contributed by atoms with E-state index in [9.17, 15) is 14.3 Å². The van der Waals surface area contributed by atoms with Gasteiger partial charge in [-0.1, -0.05) is 170 Å². The Balaban J connectivity index is 4.08. The van der Waals surface area contributed by atoms with Gasteiger partial charge >= 0.3 is 13.8 Å². The molecular formula is C48H86NO7P. The zero-order valence-electron chi connectivity index (χ0n) is 36.6. The molecule has 0 aliphatic heterocycles. The summed E-state index contributed by atoms with van der Waals surface area (Å²) >= 11 is 0. The van der Waals surface area contributed by atoms with Crippen LogP contribution in [0.5, 0.6) is 0 Å². The molecule has 8 nitrogen and oxygen atoms in total. The molecule has 0 saturated carbocycles. The molecule has 2 unspecified atom stereocenters. The number of unbranched alkanes of at least 4 members (excludes halogenated alkanes) is 18. The van der Waals surface area contributed by atoms with Crippen LogP contribution in [0.15, 0.2) is 72.9 Å². The molecule has 0 heterocycles. The van der Waals surface area contributed by atoms with Gasteiger partial charge in [-0.05, 0) is 83.5 Å². The fraction of sp³-hybridized carbons (Fsp3) is 0.729. The van der Waals surface area contributed by atoms with E-state index in [0.717, 1.165) is 83.5 Å². The van der Waals surface area contributed by atoms with Crippen LogP contribution in [0.4, 0.5) is 0 Å². The number of allylic oxidation sites excluding steroid dienone is 12. The monoisotopic (exact) mass is 820 g/mol. The molecule has 0 radical (unpaired) electrons. The molecule has 0 bridgehead atoms. The van der Waals surface area contributed by atoms with Crippen LogP contribution >= 0.6 is 7.82 Å². The van der Waals surface area contributed by atoms with Gasteiger partial charge in [-0.15, -0.1) is 0 Å². The Morgan fingerprint density at radius 2 is 0.982 bits per heavy atom. The lowest BCUT2D eigenvalue weighted by Gasteiger charge is -2.20. The van der Waals surface area contributed by atoms with E-state index in [2.05, 4.69) is 86.8 Å². The Labute approximate surface area is 350 Å². The Hall–Kier alpha value is -2.06. The molecule has 0 spiro atoms. The normalized spacial score (nSPS) is 14.1. The predicted octanol–water partition coefficient (Wildman–Crippen LogP) is 13.9. The molecule has 0 rings (SSSR count). The number of nitrogens with two attached hydrogens (primary N) is 1. The number of phosphoric acid groups is 1. The summed E-state index contributed by atoms with van der Waals surface area (Å²) in [6.07, 6.45) is 56.3. The summed E-state index contributed by atoms with van der Waals surface area (Å²) in [5.74, 6) is -0.353. The summed E-state index contributed by atoms with van der Waals surface area (Å²) < 4.78 is 33.5. The molecule has 0 fully saturated rings. The average molecular weight is 820 g/mol. The summed E-state index contributed by atoms with van der Waals surface area (Å²) in [5, 5.41) is 0. The van der Waals surface area contributed by atoms with Crippen molar-refractivity contribution >= 4 is 13.8 Å². The number of ether oxygens (including phenoxy) is 2. The van der Waals surface area contributed by atoms with Gasteiger partial charge in [0, 0.05) is 19.6 Å². The van der Waals surface area contributed by atoms with Crippen LogP contribution in [0.25, 0.3) is 0 Å². The second-order valence-corrected chi connectivity index (χ2v) is 16.3. The first kappa shape index (κ1) is 54.9. The third-order valence-electron chi connectivity index (χ3n) is 9.36. The van der Waals surface area contributed by atoms with Crippen molar-refractivity contribution in [2.75, 3.05) is 33.0 Å². The van der Waals surface area contributed by atoms with E-state index in [1.807, 2.05) is 0 Å². The Bertz CT molecular complexity index is 1100. The summed E-state index contributed by atoms with van der Waals surface area (Å²) in [5.41, 5.74) is 5.37. The quantitative estimate of drug-likeness (QED) is 0.0270. The van der Waals surface area contributed by atoms with E-state index in [0.29, 0.717) is 13.0 Å². The van der Waals surface area contributed by atoms with Crippen molar-refractivity contribution in [1.82, 2.24) is 0 Å². The maximum atomic E-state index is 12.6. The van der Waals surface area contributed by atoms with Crippen LogP contribution in [0.3, 0.4) is 0 Å². The van der Waals surface area contributed by atoms with Crippen molar-refractivity contribution in [1.29, 1.82) is 0 Å². The standard InChI is InChI=1S/C48H86NO7P/c1-3-5-7-9-11-13-15-17-19-21-22-23-24-25-27-29-31-33-35-37-39-41-48(50)56-47(46-55-57(51,52)54-44-42-49)45-53-43-40-38-36-34-32-30-28-26-20-18-16-14-12-10-8-6-4-2/h5,7,11,13,17,19-20,22-23,25-27,47H,3-4,6,8-10,12,14-16,18,21,24,28-46,49H2,1-2H3,(H,51,52)/b7-5-,13-11-,19-17-,23-22-,26-20-,27-25-. The first-order chi connectivity index (χ1) is 27.9. The van der Waals surface area contributed by atoms with Crippen molar-refractivity contribution in [2.45, 2.75) is 193 Å². The van der Waals surface area contributed by atoms with Gasteiger partial charge in [0.15, 0.2) is 0 Å². The minimum absolute atomic E-state index is 0.0925. The van der Waals surface area contributed by atoms with Gasteiger partial charge in [-0.3, -0.25) is 13.8 Å². The van der Waals surface area contributed by atoms with E-state index in [1.54, 1.807) is 0 Å². The summed E-state index contributed by atoms with van der Waals surface area (Å²) in [6.45, 7) is 4.76. The number of esters is 1. The second kappa shape index (κ2) is 45.0. The highest BCUT2D eigenvalue weighted by Gasteiger charge is 2.25. The molecule has 0 saturated heterocycles. The van der Waals surface area contributed by atoms with Crippen molar-refractivity contribution in [2.24, 2.45) is 5.73 Å². The fourth-order valence-corrected chi connectivity index (χ4v) is 6.78. The molecule has 0 aliphatic rings. The largest absolute Gasteiger partial charge is 0.472 e. The summed E-state index contributed by atoms with van der Waals surface area (Å²) in [4.78, 5) is 22.5. The Morgan fingerprint density at radius 1 is 0.544 bits per heavy atom. The van der Waals surface area contributed by atoms with Gasteiger partial charge in [0.2, 0.25) is 0 Å². The first-order valence-corrected chi connectivity index (χ1v) is 24.4. The molecule has 9 heteroatoms. The number of phosphoric ester groups is 1. The minimum Gasteiger partial charge on any atom is -0.457 e. The molecule has 0 aromatic heterocycles. The lowest BCUT2D eigenvalue weighted by Crippen LogP contribution is -2.28. The first-order valence-electron chi connectivity index (χ1n) is 22.9. The van der Waals surface area contributed by atoms with Gasteiger partial charge in [-0.25, -0.2) is 4.57 Å². The van der Waals surface area contributed by atoms with Gasteiger partial charge in [0.05, 0.1) is 19.8 Å². The number of hydrogen-bond donors (Lipinski definition) is 2. The van der Waals surface area contributed by atoms with E-state index < -0.39 is 13.9 Å². The average Bonchev–Trinajstić information content (AvgIpc) is 3.20. The van der Waals surface area contributed by atoms with Crippen molar-refractivity contribution in [3.63, 3.8) is 0 Å². The molecule has 0 aliphatic carbocycles. The number of carbonyl (C=O) groups is 1. The Kier molecular flexibility index (Phi) is 43.4. The topological polar surface area (TPSA) is 117 Å². The highest BCUT2D eigenvalue weighted by molar-refractivity contribution is 7.47. The van der Waals surface area contributed by atoms with E-state index >= 15 is 0 Å². The van der Waals surface area contributed by atoms with Crippen LogP contribution in [0, 0.1) is 0 Å². The second-order valence-electron chi connectivity index (χ2n) is 14.9. The van der Waals surface area contributed by atoms with Crippen LogP contribution in [-0.4, -0.2) is 49.9 Å². The number of rotatable bonds is 43. The maximum Gasteiger partial charge on any atom is 0.472 e. The smallest absolute Gasteiger partial charge is 0.457 e. The van der Waals surface area contributed by atoms with E-state index in [-0.39, 0.29) is 32.3 Å². The third kappa shape index (κ3) is 44.9. The van der Waals surface area contributed by atoms with Crippen LogP contribution in [0.1, 0.15) is 187 Å². The zero-order valence-corrected chi connectivity index (χ0v) is 37.4. The van der Waals surface area contributed by atoms with E-state index in [4.69, 9.17) is 24.3 Å². The van der Waals surface area contributed by atoms with Gasteiger partial charge in [0.1, 0.15) is 6.10 Å². The molecule has 0 amide bonds. The predicted molar refractivity (Wildman–Crippen MR) is 242 cm³/mol. The van der Waals surface area contributed by atoms with Gasteiger partial charge < -0.3 is 20.1 Å². The molecule has 3 N–H and O–H groups in total. The fourth-order valence-electron chi connectivity index (χ4n) is 6.02. The Morgan fingerprint density at radius 3 is 1.49 bits per heavy atom. The molecule has 57 heavy (non-hydrogen) atoms. The third-order valence-corrected chi connectivity index (χ3v) is 10.3. The van der Waals surface area contributed by atoms with Crippen molar-refractivity contribution in [3.05, 3.63) is 72.9 Å². The molecule has 330 valence electrons. The van der Waals surface area contributed by atoms with Crippen LogP contribution in [0.2, 0.25) is 0 Å². The summed E-state index contributed by atoms with van der Waals surface area (Å²) in [7, 11) is -4.29. The van der Waals surface area contributed by atoms with Crippen LogP contribution < -0.4 is 5.73 Å². The lowest BCUT2D eigenvalue weighted by atomic mass is 10.1. The molecular weight excluding hydrogens is 734 g/mol. The zero-order chi connectivity index (χ0) is 41.6. The molecule has 0 aromatic carbocycles. The van der Waals surface area contributed by atoms with Crippen molar-refractivity contribution < 1.29 is 32.8 Å². The highest BCUT2D eigenvalue weighted by Crippen LogP contribution is 2.43. The van der Waals surface area contributed by atoms with Crippen LogP contribution in [-0.2, 0) is 27.9 Å². The van der Waals surface area contributed by atoms with Crippen molar-refractivity contribution in [3.8, 4) is 0 Å². The lowest BCUT2D eigenvalue weighted by molar-refractivity contribution is -0.154. The molecule has 2 atom stereocenters. The van der Waals surface area contributed by atoms with Gasteiger partial charge in [0.25, 0.3) is 0 Å².